The molecular weight excluding hydrogens is 202 g/mol. The summed E-state index contributed by atoms with van der Waals surface area (Å²) >= 11 is 0.898. The molecule has 0 aliphatic carbocycles. The van der Waals surface area contributed by atoms with E-state index in [9.17, 15) is 9.90 Å². The number of hydrogen-bond acceptors (Lipinski definition) is 5. The third-order valence-electron chi connectivity index (χ3n) is 1.54. The number of carboxylic acid groups (broad SMARTS) is 1. The van der Waals surface area contributed by atoms with Crippen LogP contribution in [0.15, 0.2) is 24.5 Å². The Balaban J connectivity index is 2.08. The maximum Gasteiger partial charge on any atom is 0.263 e. The molecule has 0 fully saturated rings. The van der Waals surface area contributed by atoms with Gasteiger partial charge in [-0.15, -0.1) is 0 Å². The molecule has 1 aromatic heterocycles. The van der Waals surface area contributed by atoms with Crippen LogP contribution in [0.2, 0.25) is 0 Å². The van der Waals surface area contributed by atoms with E-state index in [4.69, 9.17) is 0 Å². The van der Waals surface area contributed by atoms with Crippen molar-refractivity contribution < 1.29 is 14.1 Å². The molecule has 0 amide bonds. The summed E-state index contributed by atoms with van der Waals surface area (Å²) in [6.07, 6.45) is 3.75. The van der Waals surface area contributed by atoms with Crippen molar-refractivity contribution in [3.63, 3.8) is 0 Å². The Morgan fingerprint density at radius 2 is 2.50 bits per heavy atom. The van der Waals surface area contributed by atoms with Crippen molar-refractivity contribution in [2.45, 2.75) is 12.8 Å². The van der Waals surface area contributed by atoms with E-state index < -0.39 is 6.16 Å². The van der Waals surface area contributed by atoms with Gasteiger partial charge in [-0.05, 0) is 36.5 Å². The fourth-order valence-electron chi connectivity index (χ4n) is 0.971. The fourth-order valence-corrected chi connectivity index (χ4v) is 1.41. The number of rotatable bonds is 5. The van der Waals surface area contributed by atoms with E-state index in [1.54, 1.807) is 12.4 Å². The van der Waals surface area contributed by atoms with Gasteiger partial charge < -0.3 is 14.1 Å². The van der Waals surface area contributed by atoms with Crippen molar-refractivity contribution in [3.8, 4) is 0 Å². The Morgan fingerprint density at radius 3 is 3.14 bits per heavy atom. The minimum Gasteiger partial charge on any atom is -0.482 e. The molecule has 0 aliphatic rings. The third kappa shape index (κ3) is 4.71. The van der Waals surface area contributed by atoms with Gasteiger partial charge in [-0.1, -0.05) is 6.07 Å². The zero-order chi connectivity index (χ0) is 10.2. The predicted molar refractivity (Wildman–Crippen MR) is 51.5 cm³/mol. The maximum absolute atomic E-state index is 9.87. The van der Waals surface area contributed by atoms with Crippen LogP contribution in [0.5, 0.6) is 0 Å². The zero-order valence-electron chi connectivity index (χ0n) is 7.51. The highest BCUT2D eigenvalue weighted by atomic mass is 32.2. The smallest absolute Gasteiger partial charge is 0.263 e. The molecule has 1 heterocycles. The first kappa shape index (κ1) is 10.8. The number of hydrogen-bond donors (Lipinski definition) is 0. The molecular formula is C9H10NO3S-. The fraction of sp³-hybridized carbons (Fsp3) is 0.333. The number of carbonyl (C=O) groups excluding carboxylic acids is 1. The SMILES string of the molecule is O=C([O-])OSCCCc1cccnc1. The minimum atomic E-state index is -1.49. The molecule has 0 saturated carbocycles. The normalized spacial score (nSPS) is 9.71. The van der Waals surface area contributed by atoms with Crippen LogP contribution < -0.4 is 5.11 Å². The summed E-state index contributed by atoms with van der Waals surface area (Å²) in [4.78, 5) is 13.8. The molecule has 0 unspecified atom stereocenters. The molecule has 0 bridgehead atoms. The first-order valence-electron chi connectivity index (χ1n) is 4.18. The number of carbonyl (C=O) groups is 1. The average molecular weight is 212 g/mol. The first-order valence-corrected chi connectivity index (χ1v) is 5.09. The summed E-state index contributed by atoms with van der Waals surface area (Å²) in [5.74, 6) is 0.628. The summed E-state index contributed by atoms with van der Waals surface area (Å²) in [7, 11) is 0. The molecule has 0 N–H and O–H groups in total. The Hall–Kier alpha value is -1.23. The lowest BCUT2D eigenvalue weighted by molar-refractivity contribution is -0.269. The Morgan fingerprint density at radius 1 is 1.64 bits per heavy atom. The molecule has 0 aliphatic heterocycles. The molecule has 5 heteroatoms. The third-order valence-corrected chi connectivity index (χ3v) is 2.25. The van der Waals surface area contributed by atoms with E-state index in [0.717, 1.165) is 30.4 Å². The average Bonchev–Trinajstić information content (AvgIpc) is 2.18. The summed E-state index contributed by atoms with van der Waals surface area (Å²) < 4.78 is 4.19. The summed E-state index contributed by atoms with van der Waals surface area (Å²) in [6, 6.07) is 3.86. The van der Waals surface area contributed by atoms with Crippen LogP contribution in [0, 0.1) is 0 Å². The molecule has 1 aromatic rings. The van der Waals surface area contributed by atoms with Crippen molar-refractivity contribution in [2.75, 3.05) is 5.75 Å². The van der Waals surface area contributed by atoms with Crippen molar-refractivity contribution in [3.05, 3.63) is 30.1 Å². The largest absolute Gasteiger partial charge is 0.482 e. The van der Waals surface area contributed by atoms with E-state index in [1.165, 1.54) is 0 Å². The summed E-state index contributed by atoms with van der Waals surface area (Å²) in [6.45, 7) is 0. The van der Waals surface area contributed by atoms with Gasteiger partial charge in [0.2, 0.25) is 0 Å². The van der Waals surface area contributed by atoms with Gasteiger partial charge >= 0.3 is 0 Å². The van der Waals surface area contributed by atoms with E-state index in [1.807, 2.05) is 12.1 Å². The quantitative estimate of drug-likeness (QED) is 0.538. The molecule has 0 saturated heterocycles. The standard InChI is InChI=1S/C9H11NO3S/c11-9(12)13-14-6-2-4-8-3-1-5-10-7-8/h1,3,5,7H,2,4,6H2,(H,11,12)/p-1. The second kappa shape index (κ2) is 6.26. The van der Waals surface area contributed by atoms with Crippen LogP contribution in [0.3, 0.4) is 0 Å². The van der Waals surface area contributed by atoms with Crippen molar-refractivity contribution in [2.24, 2.45) is 0 Å². The van der Waals surface area contributed by atoms with Crippen LogP contribution >= 0.6 is 12.0 Å². The Bertz CT molecular complexity index is 279. The highest BCUT2D eigenvalue weighted by molar-refractivity contribution is 7.95. The molecule has 1 rings (SSSR count). The van der Waals surface area contributed by atoms with Crippen molar-refractivity contribution in [1.82, 2.24) is 4.98 Å². The summed E-state index contributed by atoms with van der Waals surface area (Å²) in [5.41, 5.74) is 1.14. The van der Waals surface area contributed by atoms with E-state index in [0.29, 0.717) is 5.75 Å². The lowest BCUT2D eigenvalue weighted by Gasteiger charge is -2.05. The predicted octanol–water partition coefficient (Wildman–Crippen LogP) is 1.02. The highest BCUT2D eigenvalue weighted by Gasteiger charge is 1.92. The molecule has 14 heavy (non-hydrogen) atoms. The van der Waals surface area contributed by atoms with Crippen LogP contribution in [0.25, 0.3) is 0 Å². The Labute approximate surface area is 86.5 Å². The number of pyridine rings is 1. The second-order valence-electron chi connectivity index (χ2n) is 2.62. The van der Waals surface area contributed by atoms with Crippen LogP contribution in [-0.4, -0.2) is 16.9 Å². The molecule has 4 nitrogen and oxygen atoms in total. The van der Waals surface area contributed by atoms with Crippen molar-refractivity contribution >= 4 is 18.2 Å². The van der Waals surface area contributed by atoms with Crippen LogP contribution in [0.1, 0.15) is 12.0 Å². The molecule has 0 atom stereocenters. The van der Waals surface area contributed by atoms with Gasteiger partial charge in [-0.25, -0.2) is 0 Å². The number of nitrogens with zero attached hydrogens (tertiary/aromatic N) is 1. The second-order valence-corrected chi connectivity index (χ2v) is 3.43. The molecule has 0 spiro atoms. The maximum atomic E-state index is 9.87. The van der Waals surface area contributed by atoms with E-state index in [-0.39, 0.29) is 0 Å². The number of aromatic nitrogens is 1. The topological polar surface area (TPSA) is 62.2 Å². The summed E-state index contributed by atoms with van der Waals surface area (Å²) in [5, 5.41) is 9.87. The minimum absolute atomic E-state index is 0.628. The van der Waals surface area contributed by atoms with Gasteiger partial charge in [0.1, 0.15) is 0 Å². The van der Waals surface area contributed by atoms with Gasteiger partial charge in [-0.2, -0.15) is 0 Å². The van der Waals surface area contributed by atoms with Crippen LogP contribution in [-0.2, 0) is 10.6 Å². The van der Waals surface area contributed by atoms with Crippen LogP contribution in [0.4, 0.5) is 4.79 Å². The van der Waals surface area contributed by atoms with Gasteiger partial charge in [0, 0.05) is 18.1 Å². The van der Waals surface area contributed by atoms with Gasteiger partial charge in [0.25, 0.3) is 6.16 Å². The molecule has 76 valence electrons. The monoisotopic (exact) mass is 212 g/mol. The number of aryl methyl sites for hydroxylation is 1. The van der Waals surface area contributed by atoms with E-state index in [2.05, 4.69) is 9.17 Å². The Kier molecular flexibility index (Phi) is 4.85. The first-order chi connectivity index (χ1) is 6.79. The highest BCUT2D eigenvalue weighted by Crippen LogP contribution is 2.07. The zero-order valence-corrected chi connectivity index (χ0v) is 8.33. The van der Waals surface area contributed by atoms with Gasteiger partial charge in [-0.3, -0.25) is 4.98 Å². The van der Waals surface area contributed by atoms with Crippen molar-refractivity contribution in [1.29, 1.82) is 0 Å². The molecule has 0 aromatic carbocycles. The van der Waals surface area contributed by atoms with Gasteiger partial charge in [0.15, 0.2) is 0 Å². The van der Waals surface area contributed by atoms with Gasteiger partial charge in [0.05, 0.1) is 0 Å². The lowest BCUT2D eigenvalue weighted by Crippen LogP contribution is -2.20. The molecule has 0 radical (unpaired) electrons. The lowest BCUT2D eigenvalue weighted by atomic mass is 10.2. The van der Waals surface area contributed by atoms with E-state index >= 15 is 0 Å².